The van der Waals surface area contributed by atoms with Crippen molar-refractivity contribution in [3.05, 3.63) is 23.8 Å². The molecule has 1 aromatic rings. The van der Waals surface area contributed by atoms with Gasteiger partial charge in [-0.3, -0.25) is 9.59 Å². The summed E-state index contributed by atoms with van der Waals surface area (Å²) < 4.78 is 0. The average molecular weight is 340 g/mol. The van der Waals surface area contributed by atoms with Gasteiger partial charge >= 0.3 is 0 Å². The van der Waals surface area contributed by atoms with E-state index in [1.165, 1.54) is 18.5 Å². The molecule has 1 saturated heterocycles. The molecule has 134 valence electrons. The molecule has 4 nitrogen and oxygen atoms in total. The molecule has 4 heteroatoms. The minimum atomic E-state index is -0.00865. The lowest BCUT2D eigenvalue weighted by Crippen LogP contribution is -2.40. The summed E-state index contributed by atoms with van der Waals surface area (Å²) in [4.78, 5) is 27.4. The summed E-state index contributed by atoms with van der Waals surface area (Å²) in [5.74, 6) is 0.761. The van der Waals surface area contributed by atoms with Crippen molar-refractivity contribution in [1.82, 2.24) is 0 Å². The molecule has 0 radical (unpaired) electrons. The SMILES string of the molecule is Cc1cc(N2CCCC2)ccc1NC(=O)C1CC2CCCC(C1)C2=O. The Labute approximate surface area is 150 Å². The van der Waals surface area contributed by atoms with E-state index in [4.69, 9.17) is 0 Å². The second-order valence-corrected chi connectivity index (χ2v) is 8.08. The largest absolute Gasteiger partial charge is 0.372 e. The van der Waals surface area contributed by atoms with Crippen LogP contribution in [0, 0.1) is 24.7 Å². The fourth-order valence-electron chi connectivity index (χ4n) is 4.89. The first-order valence-electron chi connectivity index (χ1n) is 9.82. The maximum atomic E-state index is 12.8. The van der Waals surface area contributed by atoms with Gasteiger partial charge in [0.15, 0.2) is 0 Å². The molecule has 1 N–H and O–H groups in total. The molecule has 2 aliphatic carbocycles. The third kappa shape index (κ3) is 3.31. The van der Waals surface area contributed by atoms with Crippen LogP contribution in [0.2, 0.25) is 0 Å². The number of fused-ring (bicyclic) bond motifs is 2. The number of rotatable bonds is 3. The Morgan fingerprint density at radius 2 is 1.76 bits per heavy atom. The molecule has 2 unspecified atom stereocenters. The zero-order valence-corrected chi connectivity index (χ0v) is 15.1. The third-order valence-corrected chi connectivity index (χ3v) is 6.36. The summed E-state index contributed by atoms with van der Waals surface area (Å²) in [6.45, 7) is 4.32. The van der Waals surface area contributed by atoms with Crippen molar-refractivity contribution in [2.45, 2.75) is 51.9 Å². The van der Waals surface area contributed by atoms with Crippen LogP contribution < -0.4 is 10.2 Å². The highest BCUT2D eigenvalue weighted by Crippen LogP contribution is 2.40. The van der Waals surface area contributed by atoms with Gasteiger partial charge in [-0.25, -0.2) is 0 Å². The Morgan fingerprint density at radius 1 is 1.08 bits per heavy atom. The van der Waals surface area contributed by atoms with Gasteiger partial charge < -0.3 is 10.2 Å². The number of aryl methyl sites for hydroxylation is 1. The number of hydrogen-bond acceptors (Lipinski definition) is 3. The fraction of sp³-hybridized carbons (Fsp3) is 0.619. The third-order valence-electron chi connectivity index (χ3n) is 6.36. The Hall–Kier alpha value is -1.84. The van der Waals surface area contributed by atoms with Crippen molar-refractivity contribution in [3.63, 3.8) is 0 Å². The van der Waals surface area contributed by atoms with Crippen LogP contribution in [0.4, 0.5) is 11.4 Å². The molecule has 4 rings (SSSR count). The highest BCUT2D eigenvalue weighted by atomic mass is 16.2. The van der Waals surface area contributed by atoms with Gasteiger partial charge in [-0.05, 0) is 69.2 Å². The molecule has 25 heavy (non-hydrogen) atoms. The predicted molar refractivity (Wildman–Crippen MR) is 99.8 cm³/mol. The molecule has 0 spiro atoms. The Morgan fingerprint density at radius 3 is 2.40 bits per heavy atom. The monoisotopic (exact) mass is 340 g/mol. The predicted octanol–water partition coefficient (Wildman–Crippen LogP) is 3.93. The fourth-order valence-corrected chi connectivity index (χ4v) is 4.89. The Kier molecular flexibility index (Phi) is 4.53. The second kappa shape index (κ2) is 6.81. The minimum Gasteiger partial charge on any atom is -0.372 e. The van der Waals surface area contributed by atoms with E-state index in [1.54, 1.807) is 0 Å². The van der Waals surface area contributed by atoms with Crippen LogP contribution in [0.15, 0.2) is 18.2 Å². The van der Waals surface area contributed by atoms with Crippen molar-refractivity contribution >= 4 is 23.1 Å². The van der Waals surface area contributed by atoms with Crippen LogP contribution in [0.1, 0.15) is 50.5 Å². The zero-order valence-electron chi connectivity index (χ0n) is 15.1. The van der Waals surface area contributed by atoms with Gasteiger partial charge in [-0.2, -0.15) is 0 Å². The molecule has 1 heterocycles. The molecule has 2 saturated carbocycles. The molecule has 3 aliphatic rings. The number of benzene rings is 1. The van der Waals surface area contributed by atoms with Gasteiger partial charge in [-0.15, -0.1) is 0 Å². The van der Waals surface area contributed by atoms with Gasteiger partial charge in [0.05, 0.1) is 0 Å². The molecular weight excluding hydrogens is 312 g/mol. The lowest BCUT2D eigenvalue weighted by molar-refractivity contribution is -0.136. The van der Waals surface area contributed by atoms with Crippen LogP contribution in [0.25, 0.3) is 0 Å². The van der Waals surface area contributed by atoms with Crippen molar-refractivity contribution < 1.29 is 9.59 Å². The number of carbonyl (C=O) groups is 2. The summed E-state index contributed by atoms with van der Waals surface area (Å²) in [7, 11) is 0. The van der Waals surface area contributed by atoms with Gasteiger partial charge in [0.25, 0.3) is 0 Å². The normalized spacial score (nSPS) is 28.9. The van der Waals surface area contributed by atoms with E-state index < -0.39 is 0 Å². The minimum absolute atomic E-state index is 0.00865. The van der Waals surface area contributed by atoms with E-state index in [0.29, 0.717) is 5.78 Å². The number of ketones is 1. The lowest BCUT2D eigenvalue weighted by Gasteiger charge is -2.37. The van der Waals surface area contributed by atoms with E-state index in [1.807, 2.05) is 6.07 Å². The molecule has 1 amide bonds. The Balaban J connectivity index is 1.43. The maximum absolute atomic E-state index is 12.8. The van der Waals surface area contributed by atoms with Crippen LogP contribution in [-0.4, -0.2) is 24.8 Å². The average Bonchev–Trinajstić information content (AvgIpc) is 3.11. The first-order valence-corrected chi connectivity index (χ1v) is 9.82. The molecular formula is C21H28N2O2. The van der Waals surface area contributed by atoms with Crippen molar-refractivity contribution in [2.75, 3.05) is 23.3 Å². The van der Waals surface area contributed by atoms with Gasteiger partial charge in [0.2, 0.25) is 5.91 Å². The van der Waals surface area contributed by atoms with Gasteiger partial charge in [0, 0.05) is 42.2 Å². The number of carbonyl (C=O) groups excluding carboxylic acids is 2. The summed E-state index contributed by atoms with van der Waals surface area (Å²) in [6.07, 6.45) is 7.11. The quantitative estimate of drug-likeness (QED) is 0.907. The van der Waals surface area contributed by atoms with E-state index >= 15 is 0 Å². The number of anilines is 2. The van der Waals surface area contributed by atoms with Crippen LogP contribution >= 0.6 is 0 Å². The summed E-state index contributed by atoms with van der Waals surface area (Å²) in [5, 5.41) is 3.13. The summed E-state index contributed by atoms with van der Waals surface area (Å²) in [5.41, 5.74) is 3.28. The zero-order chi connectivity index (χ0) is 17.4. The molecule has 2 atom stereocenters. The highest BCUT2D eigenvalue weighted by Gasteiger charge is 2.41. The number of nitrogens with zero attached hydrogens (tertiary/aromatic N) is 1. The van der Waals surface area contributed by atoms with Crippen molar-refractivity contribution in [3.8, 4) is 0 Å². The van der Waals surface area contributed by atoms with Crippen molar-refractivity contribution in [1.29, 1.82) is 0 Å². The molecule has 2 bridgehead atoms. The topological polar surface area (TPSA) is 49.4 Å². The van der Waals surface area contributed by atoms with E-state index in [-0.39, 0.29) is 23.7 Å². The first kappa shape index (κ1) is 16.6. The highest BCUT2D eigenvalue weighted by molar-refractivity contribution is 5.95. The smallest absolute Gasteiger partial charge is 0.227 e. The summed E-state index contributed by atoms with van der Waals surface area (Å²) in [6, 6.07) is 6.34. The molecule has 3 fully saturated rings. The van der Waals surface area contributed by atoms with E-state index in [0.717, 1.165) is 56.4 Å². The maximum Gasteiger partial charge on any atom is 0.227 e. The number of hydrogen-bond donors (Lipinski definition) is 1. The number of Topliss-reactive ketones (excluding diaryl/α,β-unsaturated/α-hetero) is 1. The lowest BCUT2D eigenvalue weighted by atomic mass is 9.67. The van der Waals surface area contributed by atoms with Gasteiger partial charge in [-0.1, -0.05) is 6.42 Å². The Bertz CT molecular complexity index is 662. The van der Waals surface area contributed by atoms with Crippen LogP contribution in [-0.2, 0) is 9.59 Å². The molecule has 1 aliphatic heterocycles. The van der Waals surface area contributed by atoms with E-state index in [2.05, 4.69) is 29.3 Å². The number of nitrogens with one attached hydrogen (secondary N) is 1. The molecule has 0 aromatic heterocycles. The standard InChI is InChI=1S/C21H28N2O2/c1-14-11-18(23-9-2-3-10-23)7-8-19(14)22-21(25)17-12-15-5-4-6-16(13-17)20(15)24/h7-8,11,15-17H,2-6,9-10,12-13H2,1H3,(H,22,25). The first-order chi connectivity index (χ1) is 12.1. The summed E-state index contributed by atoms with van der Waals surface area (Å²) >= 11 is 0. The van der Waals surface area contributed by atoms with Crippen molar-refractivity contribution in [2.24, 2.45) is 17.8 Å². The van der Waals surface area contributed by atoms with Gasteiger partial charge in [0.1, 0.15) is 5.78 Å². The molecule has 1 aromatic carbocycles. The number of amides is 1. The van der Waals surface area contributed by atoms with Crippen LogP contribution in [0.3, 0.4) is 0 Å². The second-order valence-electron chi connectivity index (χ2n) is 8.08. The van der Waals surface area contributed by atoms with Crippen LogP contribution in [0.5, 0.6) is 0 Å². The van der Waals surface area contributed by atoms with E-state index in [9.17, 15) is 9.59 Å².